The molecule has 0 amide bonds. The molecule has 0 rings (SSSR count). The number of hydrogen-bond acceptors (Lipinski definition) is 4. The molecule has 2 N–H and O–H groups in total. The van der Waals surface area contributed by atoms with Crippen LogP contribution in [0.25, 0.3) is 0 Å². The van der Waals surface area contributed by atoms with Crippen molar-refractivity contribution in [1.29, 1.82) is 0 Å². The van der Waals surface area contributed by atoms with Gasteiger partial charge in [0.25, 0.3) is 0 Å². The van der Waals surface area contributed by atoms with Gasteiger partial charge >= 0.3 is 0 Å². The van der Waals surface area contributed by atoms with E-state index < -0.39 is 0 Å². The van der Waals surface area contributed by atoms with Crippen LogP contribution in [-0.4, -0.2) is 53.6 Å². The second-order valence-electron chi connectivity index (χ2n) is 5.14. The fourth-order valence-corrected chi connectivity index (χ4v) is 1.45. The van der Waals surface area contributed by atoms with Gasteiger partial charge in [0.05, 0.1) is 19.8 Å². The van der Waals surface area contributed by atoms with Crippen LogP contribution >= 0.6 is 0 Å². The minimum atomic E-state index is 0.245. The first-order chi connectivity index (χ1) is 8.12. The molecule has 0 saturated heterocycles. The molecule has 0 aliphatic rings. The van der Waals surface area contributed by atoms with Crippen LogP contribution in [0, 0.1) is 5.41 Å². The summed E-state index contributed by atoms with van der Waals surface area (Å²) in [4.78, 5) is 0. The summed E-state index contributed by atoms with van der Waals surface area (Å²) < 4.78 is 11.1. The Balaban J connectivity index is 3.26. The van der Waals surface area contributed by atoms with Gasteiger partial charge in [0.2, 0.25) is 0 Å². The highest BCUT2D eigenvalue weighted by atomic mass is 16.5. The summed E-state index contributed by atoms with van der Waals surface area (Å²) in [7, 11) is 3.94. The Kier molecular flexibility index (Phi) is 10.9. The van der Waals surface area contributed by atoms with E-state index in [2.05, 4.69) is 24.5 Å². The smallest absolute Gasteiger partial charge is 0.0700 e. The first-order valence-electron chi connectivity index (χ1n) is 6.57. The SMILES string of the molecule is CNCCCOCCOCC(C)(C)CCNC. The molecule has 0 aliphatic heterocycles. The number of hydrogen-bond donors (Lipinski definition) is 2. The van der Waals surface area contributed by atoms with Gasteiger partial charge in [-0.1, -0.05) is 13.8 Å². The standard InChI is InChI=1S/C13H30N2O2/c1-13(2,6-8-15-4)12-17-11-10-16-9-5-7-14-3/h14-15H,5-12H2,1-4H3. The molecule has 0 saturated carbocycles. The monoisotopic (exact) mass is 246 g/mol. The van der Waals surface area contributed by atoms with Crippen molar-refractivity contribution in [3.63, 3.8) is 0 Å². The molecule has 0 bridgehead atoms. The maximum absolute atomic E-state index is 5.63. The van der Waals surface area contributed by atoms with Crippen molar-refractivity contribution >= 4 is 0 Å². The summed E-state index contributed by atoms with van der Waals surface area (Å²) in [5.74, 6) is 0. The van der Waals surface area contributed by atoms with Crippen molar-refractivity contribution in [2.24, 2.45) is 5.41 Å². The summed E-state index contributed by atoms with van der Waals surface area (Å²) in [6.07, 6.45) is 2.19. The molecule has 0 fully saturated rings. The third kappa shape index (κ3) is 12.1. The Bertz CT molecular complexity index is 163. The number of nitrogens with one attached hydrogen (secondary N) is 2. The summed E-state index contributed by atoms with van der Waals surface area (Å²) in [6.45, 7) is 9.53. The van der Waals surface area contributed by atoms with Crippen molar-refractivity contribution in [1.82, 2.24) is 10.6 Å². The third-order valence-corrected chi connectivity index (χ3v) is 2.63. The van der Waals surface area contributed by atoms with Gasteiger partial charge in [0.1, 0.15) is 0 Å². The van der Waals surface area contributed by atoms with E-state index in [0.717, 1.165) is 39.1 Å². The van der Waals surface area contributed by atoms with Crippen LogP contribution in [-0.2, 0) is 9.47 Å². The predicted molar refractivity (Wildman–Crippen MR) is 72.5 cm³/mol. The molecule has 104 valence electrons. The third-order valence-electron chi connectivity index (χ3n) is 2.63. The van der Waals surface area contributed by atoms with Gasteiger partial charge < -0.3 is 20.1 Å². The van der Waals surface area contributed by atoms with Crippen molar-refractivity contribution < 1.29 is 9.47 Å². The summed E-state index contributed by atoms with van der Waals surface area (Å²) in [6, 6.07) is 0. The Morgan fingerprint density at radius 1 is 0.882 bits per heavy atom. The number of ether oxygens (including phenoxy) is 2. The van der Waals surface area contributed by atoms with Gasteiger partial charge in [0.15, 0.2) is 0 Å². The van der Waals surface area contributed by atoms with E-state index in [0.29, 0.717) is 13.2 Å². The molecule has 4 nitrogen and oxygen atoms in total. The zero-order chi connectivity index (χ0) is 13.0. The maximum atomic E-state index is 5.63. The number of rotatable bonds is 12. The van der Waals surface area contributed by atoms with Crippen LogP contribution in [0.1, 0.15) is 26.7 Å². The fourth-order valence-electron chi connectivity index (χ4n) is 1.45. The van der Waals surface area contributed by atoms with Gasteiger partial charge in [-0.15, -0.1) is 0 Å². The maximum Gasteiger partial charge on any atom is 0.0700 e. The molecule has 0 aromatic carbocycles. The van der Waals surface area contributed by atoms with E-state index in [9.17, 15) is 0 Å². The first-order valence-corrected chi connectivity index (χ1v) is 6.57. The molecule has 17 heavy (non-hydrogen) atoms. The van der Waals surface area contributed by atoms with Crippen molar-refractivity contribution in [3.05, 3.63) is 0 Å². The van der Waals surface area contributed by atoms with Crippen molar-refractivity contribution in [2.75, 3.05) is 53.6 Å². The molecule has 0 atom stereocenters. The van der Waals surface area contributed by atoms with Crippen LogP contribution in [0.2, 0.25) is 0 Å². The molecular weight excluding hydrogens is 216 g/mol. The lowest BCUT2D eigenvalue weighted by molar-refractivity contribution is 0.0124. The molecule has 0 aromatic heterocycles. The largest absolute Gasteiger partial charge is 0.379 e. The van der Waals surface area contributed by atoms with E-state index >= 15 is 0 Å². The highest BCUT2D eigenvalue weighted by Gasteiger charge is 2.16. The zero-order valence-electron chi connectivity index (χ0n) is 12.0. The van der Waals surface area contributed by atoms with Crippen molar-refractivity contribution in [2.45, 2.75) is 26.7 Å². The van der Waals surface area contributed by atoms with Gasteiger partial charge in [-0.05, 0) is 45.4 Å². The van der Waals surface area contributed by atoms with Gasteiger partial charge in [-0.2, -0.15) is 0 Å². The average molecular weight is 246 g/mol. The molecular formula is C13H30N2O2. The molecule has 0 unspecified atom stereocenters. The van der Waals surface area contributed by atoms with E-state index in [-0.39, 0.29) is 5.41 Å². The Labute approximate surface area is 106 Å². The lowest BCUT2D eigenvalue weighted by Gasteiger charge is -2.24. The topological polar surface area (TPSA) is 42.5 Å². The zero-order valence-corrected chi connectivity index (χ0v) is 12.0. The highest BCUT2D eigenvalue weighted by Crippen LogP contribution is 2.19. The summed E-state index contributed by atoms with van der Waals surface area (Å²) in [5, 5.41) is 6.26. The van der Waals surface area contributed by atoms with E-state index in [1.54, 1.807) is 0 Å². The van der Waals surface area contributed by atoms with E-state index in [4.69, 9.17) is 9.47 Å². The molecule has 4 heteroatoms. The van der Waals surface area contributed by atoms with Crippen molar-refractivity contribution in [3.8, 4) is 0 Å². The minimum absolute atomic E-state index is 0.245. The fraction of sp³-hybridized carbons (Fsp3) is 1.00. The lowest BCUT2D eigenvalue weighted by atomic mass is 9.90. The Hall–Kier alpha value is -0.160. The van der Waals surface area contributed by atoms with E-state index in [1.165, 1.54) is 0 Å². The Morgan fingerprint density at radius 3 is 2.18 bits per heavy atom. The molecule has 0 aliphatic carbocycles. The molecule has 0 spiro atoms. The van der Waals surface area contributed by atoms with Crippen LogP contribution in [0.3, 0.4) is 0 Å². The van der Waals surface area contributed by atoms with Crippen LogP contribution in [0.5, 0.6) is 0 Å². The normalized spacial score (nSPS) is 12.0. The molecule has 0 radical (unpaired) electrons. The minimum Gasteiger partial charge on any atom is -0.379 e. The average Bonchev–Trinajstić information content (AvgIpc) is 2.30. The van der Waals surface area contributed by atoms with Crippen LogP contribution < -0.4 is 10.6 Å². The quantitative estimate of drug-likeness (QED) is 0.509. The van der Waals surface area contributed by atoms with Gasteiger partial charge in [-0.3, -0.25) is 0 Å². The summed E-state index contributed by atoms with van der Waals surface area (Å²) in [5.41, 5.74) is 0.245. The summed E-state index contributed by atoms with van der Waals surface area (Å²) >= 11 is 0. The van der Waals surface area contributed by atoms with Crippen LogP contribution in [0.4, 0.5) is 0 Å². The predicted octanol–water partition coefficient (Wildman–Crippen LogP) is 1.26. The molecule has 0 heterocycles. The second-order valence-corrected chi connectivity index (χ2v) is 5.14. The van der Waals surface area contributed by atoms with Gasteiger partial charge in [0, 0.05) is 6.61 Å². The van der Waals surface area contributed by atoms with Crippen LogP contribution in [0.15, 0.2) is 0 Å². The Morgan fingerprint density at radius 2 is 1.53 bits per heavy atom. The second kappa shape index (κ2) is 11.0. The van der Waals surface area contributed by atoms with E-state index in [1.807, 2.05) is 14.1 Å². The first kappa shape index (κ1) is 16.8. The van der Waals surface area contributed by atoms with Gasteiger partial charge in [-0.25, -0.2) is 0 Å². The highest BCUT2D eigenvalue weighted by molar-refractivity contribution is 4.68. The lowest BCUT2D eigenvalue weighted by Crippen LogP contribution is -2.25. The molecule has 0 aromatic rings.